The zero-order chi connectivity index (χ0) is 34.8. The van der Waals surface area contributed by atoms with Crippen molar-refractivity contribution in [1.29, 1.82) is 0 Å². The number of hydrogen-bond donors (Lipinski definition) is 0. The average Bonchev–Trinajstić information content (AvgIpc) is 3.59. The molecule has 0 aliphatic heterocycles. The molecule has 1 nitrogen and oxygen atoms in total. The summed E-state index contributed by atoms with van der Waals surface area (Å²) in [5, 5.41) is 0. The van der Waals surface area contributed by atoms with Crippen LogP contribution in [0.25, 0.3) is 11.1 Å². The van der Waals surface area contributed by atoms with Gasteiger partial charge in [0.25, 0.3) is 0 Å². The highest BCUT2D eigenvalue weighted by atomic mass is 15.1. The van der Waals surface area contributed by atoms with Gasteiger partial charge in [-0.1, -0.05) is 166 Å². The molecule has 0 saturated heterocycles. The highest BCUT2D eigenvalue weighted by Gasteiger charge is 2.52. The van der Waals surface area contributed by atoms with E-state index in [9.17, 15) is 0 Å². The fourth-order valence-corrected chi connectivity index (χ4v) is 9.39. The quantitative estimate of drug-likeness (QED) is 0.172. The van der Waals surface area contributed by atoms with Crippen LogP contribution in [0.15, 0.2) is 176 Å². The SMILES string of the molecule is Cc1ccc(N(c2ccc(C3(C)CC(c4ccccc4)(c4ccccc4)c4ccccc43)cc2)c2ccc3c(c2)C(C)(C)c2ccccc2-3)cc1. The van der Waals surface area contributed by atoms with Gasteiger partial charge < -0.3 is 4.90 Å². The minimum Gasteiger partial charge on any atom is -0.310 e. The number of fused-ring (bicyclic) bond motifs is 4. The van der Waals surface area contributed by atoms with Crippen LogP contribution in [-0.2, 0) is 16.2 Å². The molecule has 0 fully saturated rings. The smallest absolute Gasteiger partial charge is 0.0466 e. The number of benzene rings is 7. The van der Waals surface area contributed by atoms with Crippen LogP contribution in [-0.4, -0.2) is 0 Å². The Kier molecular flexibility index (Phi) is 7.19. The molecule has 0 saturated carbocycles. The lowest BCUT2D eigenvalue weighted by Crippen LogP contribution is -2.30. The standard InChI is InChI=1S/C50H43N/c1-35-23-27-39(28-24-35)51(41-31-32-43-42-19-11-12-20-44(42)48(2,3)47(43)33-41)40-29-25-36(26-30-40)49(4)34-50(37-15-7-5-8-16-37,38-17-9-6-10-18-38)46-22-14-13-21-45(46)49/h5-33H,34H2,1-4H3. The van der Waals surface area contributed by atoms with Crippen molar-refractivity contribution in [2.24, 2.45) is 0 Å². The van der Waals surface area contributed by atoms with Gasteiger partial charge in [0.2, 0.25) is 0 Å². The van der Waals surface area contributed by atoms with Gasteiger partial charge in [0, 0.05) is 33.3 Å². The molecule has 51 heavy (non-hydrogen) atoms. The van der Waals surface area contributed by atoms with E-state index >= 15 is 0 Å². The molecule has 1 atom stereocenters. The van der Waals surface area contributed by atoms with Crippen LogP contribution in [0.4, 0.5) is 17.1 Å². The van der Waals surface area contributed by atoms with Crippen molar-refractivity contribution in [2.45, 2.75) is 50.4 Å². The van der Waals surface area contributed by atoms with Gasteiger partial charge in [-0.05, 0) is 99.8 Å². The Labute approximate surface area is 302 Å². The highest BCUT2D eigenvalue weighted by molar-refractivity contribution is 5.85. The third-order valence-corrected chi connectivity index (χ3v) is 12.0. The van der Waals surface area contributed by atoms with Crippen molar-refractivity contribution in [3.8, 4) is 11.1 Å². The molecule has 0 aromatic heterocycles. The first kappa shape index (κ1) is 31.3. The molecule has 0 amide bonds. The van der Waals surface area contributed by atoms with E-state index in [1.807, 2.05) is 0 Å². The topological polar surface area (TPSA) is 3.24 Å². The molecule has 0 radical (unpaired) electrons. The predicted molar refractivity (Wildman–Crippen MR) is 214 cm³/mol. The Morgan fingerprint density at radius 3 is 1.53 bits per heavy atom. The summed E-state index contributed by atoms with van der Waals surface area (Å²) in [7, 11) is 0. The maximum atomic E-state index is 2.45. The molecular weight excluding hydrogens is 615 g/mol. The fraction of sp³-hybridized carbons (Fsp3) is 0.160. The third-order valence-electron chi connectivity index (χ3n) is 12.0. The second kappa shape index (κ2) is 11.7. The molecular formula is C50H43N. The molecule has 7 aromatic rings. The number of nitrogens with zero attached hydrogens (tertiary/aromatic N) is 1. The molecule has 0 bridgehead atoms. The number of rotatable bonds is 6. The van der Waals surface area contributed by atoms with Crippen molar-refractivity contribution < 1.29 is 0 Å². The average molecular weight is 658 g/mol. The van der Waals surface area contributed by atoms with Crippen molar-refractivity contribution in [3.05, 3.63) is 220 Å². The van der Waals surface area contributed by atoms with Gasteiger partial charge in [0.05, 0.1) is 0 Å². The zero-order valence-corrected chi connectivity index (χ0v) is 29.9. The van der Waals surface area contributed by atoms with E-state index in [2.05, 4.69) is 209 Å². The first-order chi connectivity index (χ1) is 24.8. The van der Waals surface area contributed by atoms with Crippen LogP contribution in [0.5, 0.6) is 0 Å². The Morgan fingerprint density at radius 2 is 0.902 bits per heavy atom. The van der Waals surface area contributed by atoms with Crippen LogP contribution in [0, 0.1) is 6.92 Å². The van der Waals surface area contributed by atoms with Gasteiger partial charge in [0.1, 0.15) is 0 Å². The summed E-state index contributed by atoms with van der Waals surface area (Å²) in [5.41, 5.74) is 16.5. The van der Waals surface area contributed by atoms with Gasteiger partial charge in [-0.2, -0.15) is 0 Å². The second-order valence-electron chi connectivity index (χ2n) is 15.3. The Bertz CT molecular complexity index is 2330. The summed E-state index contributed by atoms with van der Waals surface area (Å²) >= 11 is 0. The molecule has 9 rings (SSSR count). The number of anilines is 3. The summed E-state index contributed by atoms with van der Waals surface area (Å²) in [5.74, 6) is 0. The van der Waals surface area contributed by atoms with Crippen molar-refractivity contribution >= 4 is 17.1 Å². The first-order valence-corrected chi connectivity index (χ1v) is 18.2. The molecule has 0 spiro atoms. The van der Waals surface area contributed by atoms with E-state index in [1.165, 1.54) is 61.3 Å². The molecule has 2 aliphatic carbocycles. The minimum absolute atomic E-state index is 0.0702. The van der Waals surface area contributed by atoms with Crippen LogP contribution in [0.3, 0.4) is 0 Å². The van der Waals surface area contributed by atoms with E-state index in [4.69, 9.17) is 0 Å². The van der Waals surface area contributed by atoms with E-state index < -0.39 is 0 Å². The first-order valence-electron chi connectivity index (χ1n) is 18.2. The fourth-order valence-electron chi connectivity index (χ4n) is 9.39. The van der Waals surface area contributed by atoms with Crippen molar-refractivity contribution in [1.82, 2.24) is 0 Å². The normalized spacial score (nSPS) is 17.7. The number of hydrogen-bond acceptors (Lipinski definition) is 1. The lowest BCUT2D eigenvalue weighted by atomic mass is 9.67. The second-order valence-corrected chi connectivity index (χ2v) is 15.3. The van der Waals surface area contributed by atoms with Gasteiger partial charge in [0.15, 0.2) is 0 Å². The Morgan fingerprint density at radius 1 is 0.412 bits per heavy atom. The van der Waals surface area contributed by atoms with Gasteiger partial charge in [-0.25, -0.2) is 0 Å². The summed E-state index contributed by atoms with van der Waals surface area (Å²) < 4.78 is 0. The third kappa shape index (κ3) is 4.75. The van der Waals surface area contributed by atoms with Crippen molar-refractivity contribution in [2.75, 3.05) is 4.90 Å². The van der Waals surface area contributed by atoms with E-state index in [1.54, 1.807) is 0 Å². The molecule has 1 heteroatoms. The van der Waals surface area contributed by atoms with Crippen LogP contribution in [0.2, 0.25) is 0 Å². The maximum Gasteiger partial charge on any atom is 0.0466 e. The molecule has 1 unspecified atom stereocenters. The minimum atomic E-state index is -0.255. The lowest BCUT2D eigenvalue weighted by molar-refractivity contribution is 0.473. The predicted octanol–water partition coefficient (Wildman–Crippen LogP) is 12.8. The van der Waals surface area contributed by atoms with E-state index in [0.717, 1.165) is 17.8 Å². The van der Waals surface area contributed by atoms with Gasteiger partial charge >= 0.3 is 0 Å². The van der Waals surface area contributed by atoms with Crippen molar-refractivity contribution in [3.63, 3.8) is 0 Å². The molecule has 2 aliphatic rings. The summed E-state index contributed by atoms with van der Waals surface area (Å²) in [6.45, 7) is 9.32. The Balaban J connectivity index is 1.16. The maximum absolute atomic E-state index is 2.45. The molecule has 7 aromatic carbocycles. The summed E-state index contributed by atoms with van der Waals surface area (Å²) in [6, 6.07) is 65.7. The van der Waals surface area contributed by atoms with Crippen LogP contribution < -0.4 is 4.90 Å². The van der Waals surface area contributed by atoms with Gasteiger partial charge in [-0.3, -0.25) is 0 Å². The largest absolute Gasteiger partial charge is 0.310 e. The summed E-state index contributed by atoms with van der Waals surface area (Å²) in [4.78, 5) is 2.42. The zero-order valence-electron chi connectivity index (χ0n) is 29.9. The molecule has 248 valence electrons. The monoisotopic (exact) mass is 657 g/mol. The number of aryl methyl sites for hydroxylation is 1. The van der Waals surface area contributed by atoms with Crippen LogP contribution in [0.1, 0.15) is 71.7 Å². The van der Waals surface area contributed by atoms with E-state index in [0.29, 0.717) is 0 Å². The van der Waals surface area contributed by atoms with Gasteiger partial charge in [-0.15, -0.1) is 0 Å². The molecule has 0 N–H and O–H groups in total. The van der Waals surface area contributed by atoms with E-state index in [-0.39, 0.29) is 16.2 Å². The Hall–Kier alpha value is -5.66. The molecule has 0 heterocycles. The highest BCUT2D eigenvalue weighted by Crippen LogP contribution is 2.59. The van der Waals surface area contributed by atoms with Crippen LogP contribution >= 0.6 is 0 Å². The lowest BCUT2D eigenvalue weighted by Gasteiger charge is -2.35. The summed E-state index contributed by atoms with van der Waals surface area (Å²) in [6.07, 6.45) is 0.953.